The van der Waals surface area contributed by atoms with Crippen molar-refractivity contribution in [2.75, 3.05) is 26.9 Å². The van der Waals surface area contributed by atoms with Crippen LogP contribution < -0.4 is 5.32 Å². The molecule has 1 saturated heterocycles. The number of ether oxygens (including phenoxy) is 2. The van der Waals surface area contributed by atoms with E-state index < -0.39 is 0 Å². The number of methoxy groups -OCH3 is 1. The molecule has 3 rings (SSSR count). The Morgan fingerprint density at radius 1 is 1.19 bits per heavy atom. The highest BCUT2D eigenvalue weighted by Crippen LogP contribution is 2.48. The first-order chi connectivity index (χ1) is 15.0. The lowest BCUT2D eigenvalue weighted by Crippen LogP contribution is -2.52. The van der Waals surface area contributed by atoms with Gasteiger partial charge in [0.2, 0.25) is 0 Å². The summed E-state index contributed by atoms with van der Waals surface area (Å²) in [5.74, 6) is 0. The minimum atomic E-state index is 0.0506. The third-order valence-corrected chi connectivity index (χ3v) is 7.88. The van der Waals surface area contributed by atoms with Gasteiger partial charge in [0.25, 0.3) is 0 Å². The van der Waals surface area contributed by atoms with Gasteiger partial charge in [-0.1, -0.05) is 37.0 Å². The van der Waals surface area contributed by atoms with Gasteiger partial charge in [-0.15, -0.1) is 0 Å². The van der Waals surface area contributed by atoms with Gasteiger partial charge in [0.1, 0.15) is 0 Å². The quantitative estimate of drug-likeness (QED) is 0.349. The summed E-state index contributed by atoms with van der Waals surface area (Å²) in [5, 5.41) is 4.03. The fraction of sp³-hybridized carbons (Fsp3) is 0.741. The molecule has 0 aromatic carbocycles. The number of nitrogens with zero attached hydrogens (tertiary/aromatic N) is 1. The van der Waals surface area contributed by atoms with Crippen molar-refractivity contribution in [1.82, 2.24) is 10.3 Å². The Bertz CT molecular complexity index is 696. The molecule has 1 aromatic heterocycles. The smallest absolute Gasteiger partial charge is 0.0692 e. The van der Waals surface area contributed by atoms with Gasteiger partial charge in [0, 0.05) is 50.2 Å². The monoisotopic (exact) mass is 428 g/mol. The highest BCUT2D eigenvalue weighted by molar-refractivity contribution is 5.23. The van der Waals surface area contributed by atoms with Gasteiger partial charge in [-0.2, -0.15) is 0 Å². The molecule has 1 unspecified atom stereocenters. The normalized spacial score (nSPS) is 24.9. The predicted octanol–water partition coefficient (Wildman–Crippen LogP) is 5.96. The Hall–Kier alpha value is -1.23. The van der Waals surface area contributed by atoms with Crippen molar-refractivity contribution in [2.24, 2.45) is 0 Å². The largest absolute Gasteiger partial charge is 0.385 e. The average Bonchev–Trinajstić information content (AvgIpc) is 3.25. The van der Waals surface area contributed by atoms with Gasteiger partial charge in [0.15, 0.2) is 0 Å². The Morgan fingerprint density at radius 2 is 2.00 bits per heavy atom. The van der Waals surface area contributed by atoms with E-state index in [-0.39, 0.29) is 11.0 Å². The molecule has 0 amide bonds. The zero-order valence-electron chi connectivity index (χ0n) is 20.3. The molecule has 2 fully saturated rings. The van der Waals surface area contributed by atoms with Crippen LogP contribution in [0.4, 0.5) is 0 Å². The topological polar surface area (TPSA) is 43.4 Å². The predicted molar refractivity (Wildman–Crippen MR) is 128 cm³/mol. The number of rotatable bonds is 11. The Morgan fingerprint density at radius 3 is 2.68 bits per heavy atom. The highest BCUT2D eigenvalue weighted by atomic mass is 16.5. The van der Waals surface area contributed by atoms with E-state index in [9.17, 15) is 0 Å². The molecule has 1 aliphatic carbocycles. The molecular formula is C27H44N2O2. The van der Waals surface area contributed by atoms with Gasteiger partial charge in [-0.25, -0.2) is 0 Å². The van der Waals surface area contributed by atoms with Gasteiger partial charge >= 0.3 is 0 Å². The lowest BCUT2D eigenvalue weighted by atomic mass is 9.69. The lowest BCUT2D eigenvalue weighted by Gasteiger charge is -2.47. The molecule has 4 heteroatoms. The molecule has 31 heavy (non-hydrogen) atoms. The standard InChI is InChI=1S/C27H44N2O2/c1-5-22(2)23(3)24(12-7-11-18-30-4)29-21-26(25-13-6-10-17-28-25)16-19-31-27(20-26)14-8-9-15-27/h6,10,13,17,24,29H,5,7-9,11-12,14-16,18-21H2,1-4H3/b23-22+/t24-,26?/m0/s1. The summed E-state index contributed by atoms with van der Waals surface area (Å²) < 4.78 is 11.7. The maximum Gasteiger partial charge on any atom is 0.0692 e. The zero-order chi connectivity index (χ0) is 22.2. The minimum absolute atomic E-state index is 0.0506. The van der Waals surface area contributed by atoms with Crippen molar-refractivity contribution in [1.29, 1.82) is 0 Å². The molecule has 1 aromatic rings. The molecule has 1 N–H and O–H groups in total. The molecule has 1 spiro atoms. The van der Waals surface area contributed by atoms with E-state index in [0.29, 0.717) is 6.04 Å². The second-order valence-corrected chi connectivity index (χ2v) is 9.90. The fourth-order valence-electron chi connectivity index (χ4n) is 5.66. The van der Waals surface area contributed by atoms with Crippen LogP contribution in [0.1, 0.15) is 90.7 Å². The number of nitrogens with one attached hydrogen (secondary N) is 1. The molecule has 2 atom stereocenters. The molecule has 0 bridgehead atoms. The first kappa shape index (κ1) is 24.4. The van der Waals surface area contributed by atoms with Crippen LogP contribution in [-0.2, 0) is 14.9 Å². The summed E-state index contributed by atoms with van der Waals surface area (Å²) in [6.45, 7) is 9.54. The molecule has 0 radical (unpaired) electrons. The van der Waals surface area contributed by atoms with Crippen molar-refractivity contribution in [2.45, 2.75) is 102 Å². The summed E-state index contributed by atoms with van der Waals surface area (Å²) in [5.41, 5.74) is 4.38. The van der Waals surface area contributed by atoms with E-state index in [1.807, 2.05) is 12.3 Å². The van der Waals surface area contributed by atoms with Gasteiger partial charge in [-0.3, -0.25) is 4.98 Å². The molecule has 2 aliphatic rings. The summed E-state index contributed by atoms with van der Waals surface area (Å²) in [6, 6.07) is 6.84. The van der Waals surface area contributed by atoms with E-state index in [2.05, 4.69) is 38.2 Å². The van der Waals surface area contributed by atoms with Crippen LogP contribution in [0.5, 0.6) is 0 Å². The van der Waals surface area contributed by atoms with Crippen molar-refractivity contribution in [3.05, 3.63) is 41.2 Å². The van der Waals surface area contributed by atoms with E-state index in [1.165, 1.54) is 48.9 Å². The number of aromatic nitrogens is 1. The fourth-order valence-corrected chi connectivity index (χ4v) is 5.66. The van der Waals surface area contributed by atoms with E-state index in [0.717, 1.165) is 51.9 Å². The van der Waals surface area contributed by atoms with Gasteiger partial charge in [0.05, 0.1) is 5.60 Å². The molecule has 2 heterocycles. The third kappa shape index (κ3) is 6.18. The summed E-state index contributed by atoms with van der Waals surface area (Å²) in [4.78, 5) is 4.87. The van der Waals surface area contributed by atoms with Crippen LogP contribution in [0.15, 0.2) is 35.5 Å². The highest BCUT2D eigenvalue weighted by Gasteiger charge is 2.48. The number of hydrogen-bond donors (Lipinski definition) is 1. The molecule has 1 aliphatic heterocycles. The van der Waals surface area contributed by atoms with E-state index in [1.54, 1.807) is 7.11 Å². The first-order valence-electron chi connectivity index (χ1n) is 12.5. The average molecular weight is 429 g/mol. The van der Waals surface area contributed by atoms with Crippen LogP contribution in [0.25, 0.3) is 0 Å². The summed E-state index contributed by atoms with van der Waals surface area (Å²) in [6.07, 6.45) is 13.7. The van der Waals surface area contributed by atoms with E-state index >= 15 is 0 Å². The number of hydrogen-bond acceptors (Lipinski definition) is 4. The summed E-state index contributed by atoms with van der Waals surface area (Å²) in [7, 11) is 1.79. The Labute approximate surface area is 190 Å². The van der Waals surface area contributed by atoms with Crippen LogP contribution in [-0.4, -0.2) is 43.5 Å². The van der Waals surface area contributed by atoms with Gasteiger partial charge in [-0.05, 0) is 77.3 Å². The molecule has 4 nitrogen and oxygen atoms in total. The summed E-state index contributed by atoms with van der Waals surface area (Å²) >= 11 is 0. The Kier molecular flexibility index (Phi) is 9.12. The van der Waals surface area contributed by atoms with Crippen LogP contribution in [0, 0.1) is 0 Å². The van der Waals surface area contributed by atoms with Crippen molar-refractivity contribution >= 4 is 0 Å². The lowest BCUT2D eigenvalue weighted by molar-refractivity contribution is -0.102. The number of unbranched alkanes of at least 4 members (excludes halogenated alkanes) is 1. The Balaban J connectivity index is 1.80. The van der Waals surface area contributed by atoms with Crippen LogP contribution in [0.3, 0.4) is 0 Å². The maximum atomic E-state index is 6.43. The maximum absolute atomic E-state index is 6.43. The second-order valence-electron chi connectivity index (χ2n) is 9.90. The number of pyridine rings is 1. The van der Waals surface area contributed by atoms with E-state index in [4.69, 9.17) is 14.5 Å². The van der Waals surface area contributed by atoms with Crippen molar-refractivity contribution < 1.29 is 9.47 Å². The van der Waals surface area contributed by atoms with Crippen molar-refractivity contribution in [3.8, 4) is 0 Å². The second kappa shape index (κ2) is 11.6. The van der Waals surface area contributed by atoms with Crippen molar-refractivity contribution in [3.63, 3.8) is 0 Å². The molecule has 1 saturated carbocycles. The number of allylic oxidation sites excluding steroid dienone is 1. The van der Waals surface area contributed by atoms with Crippen LogP contribution in [0.2, 0.25) is 0 Å². The molecule has 174 valence electrons. The molecular weight excluding hydrogens is 384 g/mol. The van der Waals surface area contributed by atoms with Gasteiger partial charge < -0.3 is 14.8 Å². The minimum Gasteiger partial charge on any atom is -0.385 e. The third-order valence-electron chi connectivity index (χ3n) is 7.88. The first-order valence-corrected chi connectivity index (χ1v) is 12.5. The van der Waals surface area contributed by atoms with Crippen LogP contribution >= 0.6 is 0 Å². The SMILES string of the molecule is CC/C(C)=C(\C)[C@H](CCCCOC)NCC1(c2ccccn2)CCOC2(CCCC2)C1. The zero-order valence-corrected chi connectivity index (χ0v) is 20.3.